The van der Waals surface area contributed by atoms with Crippen molar-refractivity contribution in [3.63, 3.8) is 0 Å². The molecule has 0 saturated carbocycles. The number of esters is 2. The van der Waals surface area contributed by atoms with Gasteiger partial charge in [-0.05, 0) is 82.6 Å². The summed E-state index contributed by atoms with van der Waals surface area (Å²) in [6.45, 7) is 13.0. The van der Waals surface area contributed by atoms with Gasteiger partial charge in [0.1, 0.15) is 24.7 Å². The minimum Gasteiger partial charge on any atom is -0.481 e. The Bertz CT molecular complexity index is 1930. The molecule has 20 nitrogen and oxygen atoms in total. The Hall–Kier alpha value is -4.06. The van der Waals surface area contributed by atoms with Gasteiger partial charge in [-0.15, -0.1) is 0 Å². The molecule has 0 unspecified atom stereocenters. The summed E-state index contributed by atoms with van der Waals surface area (Å²) in [5, 5.41) is 123. The lowest BCUT2D eigenvalue weighted by atomic mass is 9.84. The van der Waals surface area contributed by atoms with Crippen LogP contribution in [0.2, 0.25) is 0 Å². The van der Waals surface area contributed by atoms with Crippen molar-refractivity contribution in [3.8, 4) is 0 Å². The molecular weight excluding hydrogens is 987 g/mol. The standard InChI is InChI=1S/C56H95N3O17/c1-33-18-15-20-37(5)52(36(4)17-13-11-9-10-12-14-24-59-55(57)58-8)75-54(72)38(6)21-16-19-34(2)46(64)30-47(65)39(7)44(62)23-22-35(3)49(67)32-56(73)53(71)48(66)29-43(76-56)27-40(60)25-42(26-41(61)28-45(33)63)74-51(70)31-50(68)69/h9-10,15-16,18-21,34-37,39-49,52-53,60-67,71,73H,11-14,17,22-32H2,1-8H3,(H,68,69)(H3,57,58,59)/b10-9+,19-16-,20-15-,33-18+,38-21+/t34-,35+,36-,37+,39+,40+,41+,42-,43+,44-,45-,46+,47-,48+,49+,52+,53-,56+/m0/s1. The second-order valence-corrected chi connectivity index (χ2v) is 21.6. The number of cyclic esters (lactones) is 1. The average Bonchev–Trinajstić information content (AvgIpc) is 3.34. The molecule has 0 aliphatic carbocycles. The quantitative estimate of drug-likeness (QED) is 0.0333. The van der Waals surface area contributed by atoms with E-state index in [2.05, 4.69) is 22.5 Å². The first kappa shape index (κ1) is 68.0. The molecule has 1 fully saturated rings. The molecule has 14 N–H and O–H groups in total. The second kappa shape index (κ2) is 34.7. The van der Waals surface area contributed by atoms with Crippen LogP contribution in [-0.4, -0.2) is 173 Å². The van der Waals surface area contributed by atoms with E-state index >= 15 is 0 Å². The lowest BCUT2D eigenvalue weighted by Crippen LogP contribution is -2.59. The van der Waals surface area contributed by atoms with Crippen molar-refractivity contribution >= 4 is 23.9 Å². The smallest absolute Gasteiger partial charge is 0.334 e. The van der Waals surface area contributed by atoms with Gasteiger partial charge in [0.15, 0.2) is 11.7 Å². The van der Waals surface area contributed by atoms with E-state index in [4.69, 9.17) is 19.9 Å². The number of fused-ring (bicyclic) bond motifs is 2. The van der Waals surface area contributed by atoms with Crippen LogP contribution in [0.25, 0.3) is 0 Å². The number of ether oxygens (including phenoxy) is 3. The summed E-state index contributed by atoms with van der Waals surface area (Å²) in [6.07, 6.45) is 1.11. The van der Waals surface area contributed by atoms with E-state index in [0.717, 1.165) is 32.1 Å². The van der Waals surface area contributed by atoms with E-state index in [1.807, 2.05) is 19.9 Å². The van der Waals surface area contributed by atoms with E-state index in [-0.39, 0.29) is 63.2 Å². The number of aliphatic carboxylic acids is 1. The molecule has 1 saturated heterocycles. The third kappa shape index (κ3) is 25.2. The van der Waals surface area contributed by atoms with Crippen LogP contribution in [0.3, 0.4) is 0 Å². The number of allylic oxidation sites excluding steroid dienone is 6. The second-order valence-electron chi connectivity index (χ2n) is 21.6. The highest BCUT2D eigenvalue weighted by Gasteiger charge is 2.50. The van der Waals surface area contributed by atoms with E-state index in [1.54, 1.807) is 72.0 Å². The Kier molecular flexibility index (Phi) is 31.1. The lowest BCUT2D eigenvalue weighted by molar-refractivity contribution is -0.333. The number of carbonyl (C=O) groups is 3. The number of guanidine groups is 1. The van der Waals surface area contributed by atoms with Gasteiger partial charge in [0.2, 0.25) is 0 Å². The summed E-state index contributed by atoms with van der Waals surface area (Å²) in [5.74, 6) is -7.34. The van der Waals surface area contributed by atoms with Gasteiger partial charge in [0.05, 0.1) is 54.9 Å². The van der Waals surface area contributed by atoms with Crippen molar-refractivity contribution in [2.75, 3.05) is 13.6 Å². The minimum atomic E-state index is -2.48. The van der Waals surface area contributed by atoms with Crippen LogP contribution in [0.4, 0.5) is 0 Å². The fraction of sp³-hybridized carbons (Fsp3) is 0.750. The number of carboxylic acids is 1. The number of hydrogen-bond donors (Lipinski definition) is 13. The van der Waals surface area contributed by atoms with E-state index in [9.17, 15) is 70.6 Å². The predicted molar refractivity (Wildman–Crippen MR) is 287 cm³/mol. The number of nitrogens with zero attached hydrogens (tertiary/aromatic N) is 1. The van der Waals surface area contributed by atoms with E-state index in [0.29, 0.717) is 23.7 Å². The molecule has 2 bridgehead atoms. The summed E-state index contributed by atoms with van der Waals surface area (Å²) in [5.41, 5.74) is 6.46. The highest BCUT2D eigenvalue weighted by Crippen LogP contribution is 2.36. The summed E-state index contributed by atoms with van der Waals surface area (Å²) >= 11 is 0. The number of rotatable bonds is 12. The van der Waals surface area contributed by atoms with Gasteiger partial charge < -0.3 is 81.4 Å². The maximum absolute atomic E-state index is 13.6. The van der Waals surface area contributed by atoms with Gasteiger partial charge in [-0.25, -0.2) is 4.79 Å². The van der Waals surface area contributed by atoms with Crippen LogP contribution in [0.5, 0.6) is 0 Å². The van der Waals surface area contributed by atoms with Gasteiger partial charge in [-0.2, -0.15) is 0 Å². The molecule has 0 aromatic heterocycles. The molecule has 0 spiro atoms. The number of aliphatic hydroxyl groups is 10. The molecular formula is C56H95N3O17. The summed E-state index contributed by atoms with van der Waals surface area (Å²) in [6, 6.07) is 0. The molecule has 2 heterocycles. The maximum Gasteiger partial charge on any atom is 0.334 e. The van der Waals surface area contributed by atoms with Gasteiger partial charge in [-0.3, -0.25) is 14.6 Å². The highest BCUT2D eigenvalue weighted by atomic mass is 16.7. The number of nitrogens with two attached hydrogens (primary N) is 1. The van der Waals surface area contributed by atoms with Crippen molar-refractivity contribution in [1.29, 1.82) is 0 Å². The number of carbonyl (C=O) groups excluding carboxylic acids is 2. The molecule has 76 heavy (non-hydrogen) atoms. The topological polar surface area (TPSA) is 352 Å². The third-order valence-corrected chi connectivity index (χ3v) is 14.8. The number of unbranched alkanes of at least 4 members (excludes halogenated alkanes) is 2. The largest absolute Gasteiger partial charge is 0.481 e. The van der Waals surface area contributed by atoms with Gasteiger partial charge in [0, 0.05) is 75.4 Å². The zero-order valence-electron chi connectivity index (χ0n) is 46.1. The number of nitrogens with one attached hydrogen (secondary N) is 1. The first-order chi connectivity index (χ1) is 35.7. The van der Waals surface area contributed by atoms with Gasteiger partial charge in [-0.1, -0.05) is 83.2 Å². The monoisotopic (exact) mass is 1080 g/mol. The van der Waals surface area contributed by atoms with Crippen LogP contribution < -0.4 is 11.1 Å². The number of aliphatic hydroxyl groups excluding tert-OH is 9. The normalized spacial score (nSPS) is 38.0. The molecule has 20 heteroatoms. The van der Waals surface area contributed by atoms with Crippen LogP contribution in [0.15, 0.2) is 64.7 Å². The zero-order chi connectivity index (χ0) is 57.3. The van der Waals surface area contributed by atoms with E-state index < -0.39 is 128 Å². The van der Waals surface area contributed by atoms with Crippen LogP contribution >= 0.6 is 0 Å². The lowest BCUT2D eigenvalue weighted by Gasteiger charge is -2.45. The summed E-state index contributed by atoms with van der Waals surface area (Å²) in [7, 11) is 1.62. The number of carboxylic acid groups (broad SMARTS) is 1. The van der Waals surface area contributed by atoms with Crippen molar-refractivity contribution in [1.82, 2.24) is 5.32 Å². The fourth-order valence-corrected chi connectivity index (χ4v) is 9.44. The number of aliphatic imine (C=N–C) groups is 1. The summed E-state index contributed by atoms with van der Waals surface area (Å²) < 4.78 is 17.4. The fourth-order valence-electron chi connectivity index (χ4n) is 9.44. The van der Waals surface area contributed by atoms with Gasteiger partial charge in [0.25, 0.3) is 0 Å². The molecule has 436 valence electrons. The molecule has 0 radical (unpaired) electrons. The Morgan fingerprint density at radius 3 is 2.08 bits per heavy atom. The first-order valence-corrected chi connectivity index (χ1v) is 27.1. The predicted octanol–water partition coefficient (Wildman–Crippen LogP) is 3.37. The SMILES string of the molecule is CN=C(N)NCCC/C=C/CCC[C@H](C)[C@H]1OC(=O)/C(C)=C/C=C\[C@H](C)[C@H](O)C[C@H](O)[C@H](C)[C@@H](O)CC[C@@H](C)[C@H](O)C[C@@]2(O)O[C@H](C[C@H](O)C[C@H](OC(=O)CC(=O)O)C[C@@H](O)C[C@H](O)/C(C)=C/C=C\[C@H]1C)C[C@@H](O)[C@@H]2O. The highest BCUT2D eigenvalue weighted by molar-refractivity contribution is 5.90. The van der Waals surface area contributed by atoms with Gasteiger partial charge >= 0.3 is 17.9 Å². The molecule has 0 aromatic rings. The zero-order valence-corrected chi connectivity index (χ0v) is 46.1. The summed E-state index contributed by atoms with van der Waals surface area (Å²) in [4.78, 5) is 41.4. The molecule has 2 rings (SSSR count). The molecule has 0 aromatic carbocycles. The Labute approximate surface area is 450 Å². The van der Waals surface area contributed by atoms with Crippen molar-refractivity contribution in [2.45, 2.75) is 224 Å². The molecule has 2 aliphatic heterocycles. The molecule has 2 aliphatic rings. The van der Waals surface area contributed by atoms with E-state index in [1.165, 1.54) is 0 Å². The maximum atomic E-state index is 13.6. The molecule has 18 atom stereocenters. The van der Waals surface area contributed by atoms with Crippen molar-refractivity contribution in [2.24, 2.45) is 40.3 Å². The van der Waals surface area contributed by atoms with Crippen LogP contribution in [0.1, 0.15) is 145 Å². The Morgan fingerprint density at radius 2 is 1.43 bits per heavy atom. The first-order valence-electron chi connectivity index (χ1n) is 27.1. The van der Waals surface area contributed by atoms with Crippen LogP contribution in [0, 0.1) is 29.6 Å². The average molecular weight is 1080 g/mol. The third-order valence-electron chi connectivity index (χ3n) is 14.8. The Balaban J connectivity index is 2.45. The van der Waals surface area contributed by atoms with Crippen LogP contribution in [-0.2, 0) is 28.6 Å². The Morgan fingerprint density at radius 1 is 0.816 bits per heavy atom. The number of hydrogen-bond acceptors (Lipinski definition) is 17. The molecule has 0 amide bonds. The van der Waals surface area contributed by atoms with Crippen molar-refractivity contribution in [3.05, 3.63) is 59.8 Å². The minimum absolute atomic E-state index is 0.0676. The van der Waals surface area contributed by atoms with Crippen molar-refractivity contribution < 1.29 is 84.8 Å².